The molecule has 1 fully saturated rings. The number of hydrogen-bond donors (Lipinski definition) is 2. The van der Waals surface area contributed by atoms with Crippen LogP contribution in [0.2, 0.25) is 0 Å². The van der Waals surface area contributed by atoms with Crippen molar-refractivity contribution in [3.8, 4) is 0 Å². The molecule has 8 nitrogen and oxygen atoms in total. The van der Waals surface area contributed by atoms with E-state index in [1.54, 1.807) is 4.90 Å². The van der Waals surface area contributed by atoms with Crippen molar-refractivity contribution in [1.82, 2.24) is 9.97 Å². The Labute approximate surface area is 173 Å². The fourth-order valence-electron chi connectivity index (χ4n) is 3.41. The van der Waals surface area contributed by atoms with Crippen LogP contribution < -0.4 is 10.2 Å². The number of nitrogens with one attached hydrogen (secondary N) is 1. The number of alkyl halides is 2. The molecule has 4 rings (SSSR count). The maximum atomic E-state index is 13.8. The SMILES string of the molecule is O=C(O)c1coc(NC(=O)c2cc3ccc(F)cc3nc2N2CCCC(F)(F)CC2)n1. The third kappa shape index (κ3) is 4.44. The molecule has 0 aliphatic carbocycles. The number of carboxylic acid groups (broad SMARTS) is 1. The lowest BCUT2D eigenvalue weighted by molar-refractivity contribution is -0.0102. The standard InChI is InChI=1S/C20H17F3N4O4/c21-12-3-2-11-8-13(17(28)26-19-25-15(10-31-19)18(29)30)16(24-14(11)9-12)27-6-1-4-20(22,23)5-7-27/h2-3,8-10H,1,4-7H2,(H,29,30)(H,25,26,28). The maximum absolute atomic E-state index is 13.8. The van der Waals surface area contributed by atoms with Crippen LogP contribution in [0.25, 0.3) is 10.9 Å². The van der Waals surface area contributed by atoms with Gasteiger partial charge in [-0.25, -0.2) is 22.9 Å². The number of amides is 1. The van der Waals surface area contributed by atoms with E-state index in [-0.39, 0.29) is 48.8 Å². The summed E-state index contributed by atoms with van der Waals surface area (Å²) in [5.41, 5.74) is -0.0800. The van der Waals surface area contributed by atoms with Gasteiger partial charge in [0.2, 0.25) is 5.92 Å². The van der Waals surface area contributed by atoms with Crippen molar-refractivity contribution in [2.45, 2.75) is 25.2 Å². The number of oxazole rings is 1. The second-order valence-corrected chi connectivity index (χ2v) is 7.19. The Hall–Kier alpha value is -3.63. The van der Waals surface area contributed by atoms with E-state index in [0.717, 1.165) is 6.26 Å². The highest BCUT2D eigenvalue weighted by molar-refractivity contribution is 6.09. The van der Waals surface area contributed by atoms with Crippen LogP contribution in [0, 0.1) is 5.82 Å². The quantitative estimate of drug-likeness (QED) is 0.640. The fraction of sp³-hybridized carbons (Fsp3) is 0.300. The number of benzene rings is 1. The van der Waals surface area contributed by atoms with Gasteiger partial charge in [-0.2, -0.15) is 4.98 Å². The summed E-state index contributed by atoms with van der Waals surface area (Å²) in [6.45, 7) is 0.203. The van der Waals surface area contributed by atoms with E-state index in [1.807, 2.05) is 0 Å². The molecular formula is C20H17F3N4O4. The van der Waals surface area contributed by atoms with Gasteiger partial charge in [0.1, 0.15) is 17.9 Å². The zero-order chi connectivity index (χ0) is 22.2. The average Bonchev–Trinajstić information content (AvgIpc) is 3.10. The molecule has 3 aromatic rings. The Morgan fingerprint density at radius 3 is 2.71 bits per heavy atom. The molecule has 1 amide bonds. The summed E-state index contributed by atoms with van der Waals surface area (Å²) >= 11 is 0. The Morgan fingerprint density at radius 1 is 1.16 bits per heavy atom. The molecule has 0 atom stereocenters. The van der Waals surface area contributed by atoms with Crippen molar-refractivity contribution in [3.05, 3.63) is 47.6 Å². The average molecular weight is 434 g/mol. The van der Waals surface area contributed by atoms with Crippen LogP contribution in [0.3, 0.4) is 0 Å². The first-order chi connectivity index (χ1) is 14.7. The molecule has 162 valence electrons. The van der Waals surface area contributed by atoms with Gasteiger partial charge in [0, 0.05) is 37.4 Å². The first-order valence-electron chi connectivity index (χ1n) is 9.45. The van der Waals surface area contributed by atoms with E-state index in [0.29, 0.717) is 5.39 Å². The van der Waals surface area contributed by atoms with Gasteiger partial charge in [-0.15, -0.1) is 0 Å². The normalized spacial score (nSPS) is 16.2. The van der Waals surface area contributed by atoms with E-state index < -0.39 is 35.7 Å². The molecule has 1 aromatic carbocycles. The Bertz CT molecular complexity index is 1160. The number of hydrogen-bond acceptors (Lipinski definition) is 6. The molecule has 0 unspecified atom stereocenters. The molecule has 0 saturated carbocycles. The maximum Gasteiger partial charge on any atom is 0.357 e. The number of aromatic carboxylic acids is 1. The Kier molecular flexibility index (Phi) is 5.25. The molecule has 2 N–H and O–H groups in total. The highest BCUT2D eigenvalue weighted by atomic mass is 19.3. The van der Waals surface area contributed by atoms with Gasteiger partial charge < -0.3 is 14.4 Å². The lowest BCUT2D eigenvalue weighted by atomic mass is 10.1. The highest BCUT2D eigenvalue weighted by Crippen LogP contribution is 2.32. The van der Waals surface area contributed by atoms with E-state index in [9.17, 15) is 22.8 Å². The lowest BCUT2D eigenvalue weighted by Crippen LogP contribution is -2.29. The van der Waals surface area contributed by atoms with Gasteiger partial charge in [-0.1, -0.05) is 0 Å². The zero-order valence-corrected chi connectivity index (χ0v) is 16.1. The minimum absolute atomic E-state index is 0.0384. The van der Waals surface area contributed by atoms with Crippen LogP contribution in [0.5, 0.6) is 0 Å². The molecule has 31 heavy (non-hydrogen) atoms. The largest absolute Gasteiger partial charge is 0.476 e. The molecule has 1 aliphatic heterocycles. The number of pyridine rings is 1. The van der Waals surface area contributed by atoms with Gasteiger partial charge in [0.05, 0.1) is 11.1 Å². The summed E-state index contributed by atoms with van der Waals surface area (Å²) in [5, 5.41) is 11.7. The van der Waals surface area contributed by atoms with Gasteiger partial charge >= 0.3 is 12.0 Å². The van der Waals surface area contributed by atoms with Gasteiger partial charge in [-0.3, -0.25) is 10.1 Å². The third-order valence-electron chi connectivity index (χ3n) is 4.97. The predicted octanol–water partition coefficient (Wildman–Crippen LogP) is 3.94. The summed E-state index contributed by atoms with van der Waals surface area (Å²) < 4.78 is 46.3. The second-order valence-electron chi connectivity index (χ2n) is 7.19. The summed E-state index contributed by atoms with van der Waals surface area (Å²) in [6, 6.07) is 4.99. The van der Waals surface area contributed by atoms with E-state index >= 15 is 0 Å². The number of halogens is 3. The van der Waals surface area contributed by atoms with Crippen LogP contribution in [0.1, 0.15) is 40.1 Å². The molecule has 1 saturated heterocycles. The van der Waals surface area contributed by atoms with Crippen molar-refractivity contribution in [3.63, 3.8) is 0 Å². The minimum atomic E-state index is -2.81. The van der Waals surface area contributed by atoms with Crippen molar-refractivity contribution in [1.29, 1.82) is 0 Å². The number of nitrogens with zero attached hydrogens (tertiary/aromatic N) is 3. The molecule has 0 radical (unpaired) electrons. The van der Waals surface area contributed by atoms with Crippen molar-refractivity contribution in [2.75, 3.05) is 23.3 Å². The first-order valence-corrected chi connectivity index (χ1v) is 9.45. The number of carbonyl (C=O) groups excluding carboxylic acids is 1. The lowest BCUT2D eigenvalue weighted by Gasteiger charge is -2.24. The van der Waals surface area contributed by atoms with Crippen molar-refractivity contribution >= 4 is 34.6 Å². The molecular weight excluding hydrogens is 417 g/mol. The van der Waals surface area contributed by atoms with Crippen LogP contribution in [-0.4, -0.2) is 46.0 Å². The van der Waals surface area contributed by atoms with Crippen molar-refractivity contribution in [2.24, 2.45) is 0 Å². The molecule has 11 heteroatoms. The topological polar surface area (TPSA) is 109 Å². The number of anilines is 2. The van der Waals surface area contributed by atoms with Crippen LogP contribution >= 0.6 is 0 Å². The van der Waals surface area contributed by atoms with Crippen LogP contribution in [0.15, 0.2) is 34.9 Å². The number of aromatic nitrogens is 2. The van der Waals surface area contributed by atoms with Gasteiger partial charge in [0.25, 0.3) is 5.91 Å². The van der Waals surface area contributed by atoms with Crippen LogP contribution in [0.4, 0.5) is 25.0 Å². The third-order valence-corrected chi connectivity index (χ3v) is 4.97. The fourth-order valence-corrected chi connectivity index (χ4v) is 3.41. The summed E-state index contributed by atoms with van der Waals surface area (Å²) in [5.74, 6) is -5.26. The van der Waals surface area contributed by atoms with Crippen molar-refractivity contribution < 1.29 is 32.3 Å². The number of rotatable bonds is 4. The summed E-state index contributed by atoms with van der Waals surface area (Å²) in [7, 11) is 0. The summed E-state index contributed by atoms with van der Waals surface area (Å²) in [4.78, 5) is 33.5. The zero-order valence-electron chi connectivity index (χ0n) is 16.1. The monoisotopic (exact) mass is 434 g/mol. The highest BCUT2D eigenvalue weighted by Gasteiger charge is 2.33. The number of fused-ring (bicyclic) bond motifs is 1. The van der Waals surface area contributed by atoms with Crippen LogP contribution in [-0.2, 0) is 0 Å². The Morgan fingerprint density at radius 2 is 1.97 bits per heavy atom. The van der Waals surface area contributed by atoms with Gasteiger partial charge in [-0.05, 0) is 24.6 Å². The minimum Gasteiger partial charge on any atom is -0.476 e. The first kappa shape index (κ1) is 20.6. The Balaban J connectivity index is 1.72. The molecule has 1 aliphatic rings. The second kappa shape index (κ2) is 7.89. The molecule has 0 bridgehead atoms. The van der Waals surface area contributed by atoms with E-state index in [2.05, 4.69) is 15.3 Å². The van der Waals surface area contributed by atoms with E-state index in [1.165, 1.54) is 24.3 Å². The molecule has 0 spiro atoms. The smallest absolute Gasteiger partial charge is 0.357 e. The number of carboxylic acids is 1. The summed E-state index contributed by atoms with van der Waals surface area (Å²) in [6.07, 6.45) is 0.385. The van der Waals surface area contributed by atoms with E-state index in [4.69, 9.17) is 9.52 Å². The number of carbonyl (C=O) groups is 2. The molecule has 2 aromatic heterocycles. The predicted molar refractivity (Wildman–Crippen MR) is 104 cm³/mol. The van der Waals surface area contributed by atoms with Gasteiger partial charge in [0.15, 0.2) is 5.69 Å². The molecule has 3 heterocycles.